The number of pyridine rings is 1. The van der Waals surface area contributed by atoms with Crippen LogP contribution in [-0.2, 0) is 10.0 Å². The Bertz CT molecular complexity index is 791. The molecule has 0 aliphatic heterocycles. The molecular formula is C12H11BrClN3O2S. The van der Waals surface area contributed by atoms with E-state index in [1.165, 1.54) is 18.6 Å². The molecule has 0 aliphatic rings. The lowest BCUT2D eigenvalue weighted by atomic mass is 10.2. The molecule has 0 saturated heterocycles. The summed E-state index contributed by atoms with van der Waals surface area (Å²) in [5, 5.41) is 1.29. The van der Waals surface area contributed by atoms with Crippen molar-refractivity contribution in [2.75, 3.05) is 14.1 Å². The average Bonchev–Trinajstić information content (AvgIpc) is 2.37. The second kappa shape index (κ2) is 5.67. The van der Waals surface area contributed by atoms with Gasteiger partial charge in [0.05, 0.1) is 4.90 Å². The Labute approximate surface area is 130 Å². The van der Waals surface area contributed by atoms with Crippen LogP contribution in [0.3, 0.4) is 0 Å². The molecule has 0 aliphatic carbocycles. The summed E-state index contributed by atoms with van der Waals surface area (Å²) in [6, 6.07) is 4.83. The molecule has 2 rings (SSSR count). The zero-order valence-corrected chi connectivity index (χ0v) is 13.9. The smallest absolute Gasteiger partial charge is 0.284 e. The van der Waals surface area contributed by atoms with Gasteiger partial charge in [-0.1, -0.05) is 27.5 Å². The molecule has 0 amide bonds. The first-order chi connectivity index (χ1) is 9.31. The van der Waals surface area contributed by atoms with Gasteiger partial charge in [-0.05, 0) is 18.2 Å². The Morgan fingerprint density at radius 2 is 2.05 bits per heavy atom. The Balaban J connectivity index is 2.75. The van der Waals surface area contributed by atoms with Crippen LogP contribution < -0.4 is 0 Å². The molecule has 0 fully saturated rings. The minimum atomic E-state index is -3.81. The van der Waals surface area contributed by atoms with E-state index in [1.807, 2.05) is 0 Å². The van der Waals surface area contributed by atoms with E-state index in [4.69, 9.17) is 11.6 Å². The van der Waals surface area contributed by atoms with Gasteiger partial charge in [-0.15, -0.1) is 4.40 Å². The molecule has 20 heavy (non-hydrogen) atoms. The maximum Gasteiger partial charge on any atom is 0.284 e. The number of fused-ring (bicyclic) bond motifs is 1. The van der Waals surface area contributed by atoms with Crippen LogP contribution in [-0.4, -0.2) is 38.7 Å². The minimum absolute atomic E-state index is 0.0873. The summed E-state index contributed by atoms with van der Waals surface area (Å²) in [4.78, 5) is 5.58. The second-order valence-electron chi connectivity index (χ2n) is 4.26. The molecular weight excluding hydrogens is 366 g/mol. The van der Waals surface area contributed by atoms with Crippen molar-refractivity contribution in [1.82, 2.24) is 9.88 Å². The summed E-state index contributed by atoms with van der Waals surface area (Å²) in [5.41, 5.74) is 0. The Hall–Kier alpha value is -1.18. The number of hydrogen-bond acceptors (Lipinski definition) is 3. The van der Waals surface area contributed by atoms with Crippen molar-refractivity contribution in [1.29, 1.82) is 0 Å². The monoisotopic (exact) mass is 375 g/mol. The lowest BCUT2D eigenvalue weighted by Crippen LogP contribution is -2.10. The van der Waals surface area contributed by atoms with Gasteiger partial charge in [0.1, 0.15) is 11.5 Å². The molecule has 0 bridgehead atoms. The minimum Gasteiger partial charge on any atom is -0.368 e. The third-order valence-electron chi connectivity index (χ3n) is 2.45. The molecule has 1 aromatic heterocycles. The summed E-state index contributed by atoms with van der Waals surface area (Å²) in [6.07, 6.45) is 2.71. The van der Waals surface area contributed by atoms with Crippen LogP contribution in [0.15, 0.2) is 38.2 Å². The van der Waals surface area contributed by atoms with Crippen LogP contribution >= 0.6 is 27.5 Å². The van der Waals surface area contributed by atoms with Crippen molar-refractivity contribution in [3.05, 3.63) is 34.0 Å². The second-order valence-corrected chi connectivity index (χ2v) is 7.13. The van der Waals surface area contributed by atoms with E-state index in [0.29, 0.717) is 15.2 Å². The first-order valence-electron chi connectivity index (χ1n) is 5.52. The van der Waals surface area contributed by atoms with Crippen LogP contribution in [0.25, 0.3) is 10.8 Å². The fourth-order valence-corrected chi connectivity index (χ4v) is 3.59. The van der Waals surface area contributed by atoms with Gasteiger partial charge >= 0.3 is 0 Å². The van der Waals surface area contributed by atoms with Gasteiger partial charge in [0, 0.05) is 35.5 Å². The zero-order chi connectivity index (χ0) is 14.9. The highest BCUT2D eigenvalue weighted by molar-refractivity contribution is 9.10. The highest BCUT2D eigenvalue weighted by atomic mass is 79.9. The Morgan fingerprint density at radius 1 is 1.35 bits per heavy atom. The Morgan fingerprint density at radius 3 is 2.70 bits per heavy atom. The average molecular weight is 377 g/mol. The molecule has 0 atom stereocenters. The number of halogens is 2. The fourth-order valence-electron chi connectivity index (χ4n) is 1.61. The van der Waals surface area contributed by atoms with Crippen LogP contribution in [0.2, 0.25) is 5.15 Å². The highest BCUT2D eigenvalue weighted by Crippen LogP contribution is 2.31. The summed E-state index contributed by atoms with van der Waals surface area (Å²) < 4.78 is 28.8. The third kappa shape index (κ3) is 3.11. The molecule has 106 valence electrons. The third-order valence-corrected chi connectivity index (χ3v) is 4.48. The van der Waals surface area contributed by atoms with Crippen molar-refractivity contribution < 1.29 is 8.42 Å². The number of nitrogens with zero attached hydrogens (tertiary/aromatic N) is 3. The van der Waals surface area contributed by atoms with E-state index in [1.54, 1.807) is 31.1 Å². The summed E-state index contributed by atoms with van der Waals surface area (Å²) in [7, 11) is -0.423. The number of aromatic nitrogens is 1. The van der Waals surface area contributed by atoms with Crippen molar-refractivity contribution in [2.45, 2.75) is 4.90 Å². The molecule has 8 heteroatoms. The molecule has 1 aromatic carbocycles. The summed E-state index contributed by atoms with van der Waals surface area (Å²) >= 11 is 9.28. The van der Waals surface area contributed by atoms with E-state index in [0.717, 1.165) is 0 Å². The summed E-state index contributed by atoms with van der Waals surface area (Å²) in [5.74, 6) is 0. The molecule has 0 saturated carbocycles. The Kier molecular flexibility index (Phi) is 4.31. The number of sulfonamides is 1. The van der Waals surface area contributed by atoms with Crippen molar-refractivity contribution >= 4 is 54.7 Å². The molecule has 5 nitrogen and oxygen atoms in total. The molecule has 0 N–H and O–H groups in total. The number of rotatable bonds is 3. The van der Waals surface area contributed by atoms with E-state index in [2.05, 4.69) is 25.3 Å². The largest absolute Gasteiger partial charge is 0.368 e. The van der Waals surface area contributed by atoms with E-state index >= 15 is 0 Å². The molecule has 1 heterocycles. The first-order valence-corrected chi connectivity index (χ1v) is 8.13. The standard InChI is InChI=1S/C12H11BrClN3O2S/c1-17(2)7-16-20(18,19)11-6-8(13)5-10-9(11)3-4-15-12(10)14/h3-7H,1-2H3. The van der Waals surface area contributed by atoms with Crippen LogP contribution in [0.5, 0.6) is 0 Å². The predicted molar refractivity (Wildman–Crippen MR) is 83.8 cm³/mol. The van der Waals surface area contributed by atoms with Crippen molar-refractivity contribution in [3.8, 4) is 0 Å². The van der Waals surface area contributed by atoms with Gasteiger partial charge in [0.25, 0.3) is 10.0 Å². The van der Waals surface area contributed by atoms with Gasteiger partial charge in [-0.25, -0.2) is 4.98 Å². The van der Waals surface area contributed by atoms with Crippen molar-refractivity contribution in [3.63, 3.8) is 0 Å². The van der Waals surface area contributed by atoms with Gasteiger partial charge < -0.3 is 4.90 Å². The van der Waals surface area contributed by atoms with Gasteiger partial charge in [-0.3, -0.25) is 0 Å². The molecule has 0 radical (unpaired) electrons. The highest BCUT2D eigenvalue weighted by Gasteiger charge is 2.18. The topological polar surface area (TPSA) is 62.6 Å². The SMILES string of the molecule is CN(C)C=NS(=O)(=O)c1cc(Br)cc2c(Cl)nccc12. The maximum atomic E-state index is 12.3. The molecule has 0 spiro atoms. The number of hydrogen-bond donors (Lipinski definition) is 0. The fraction of sp³-hybridized carbons (Fsp3) is 0.167. The van der Waals surface area contributed by atoms with Gasteiger partial charge in [0.2, 0.25) is 0 Å². The quantitative estimate of drug-likeness (QED) is 0.469. The van der Waals surface area contributed by atoms with E-state index in [-0.39, 0.29) is 10.0 Å². The van der Waals surface area contributed by atoms with Gasteiger partial charge in [-0.2, -0.15) is 8.42 Å². The lowest BCUT2D eigenvalue weighted by molar-refractivity contribution is 0.595. The van der Waals surface area contributed by atoms with Crippen LogP contribution in [0, 0.1) is 0 Å². The van der Waals surface area contributed by atoms with E-state index in [9.17, 15) is 8.42 Å². The normalized spacial score (nSPS) is 12.2. The molecule has 0 unspecified atom stereocenters. The molecule has 2 aromatic rings. The van der Waals surface area contributed by atoms with Gasteiger partial charge in [0.15, 0.2) is 0 Å². The van der Waals surface area contributed by atoms with Crippen LogP contribution in [0.1, 0.15) is 0 Å². The zero-order valence-electron chi connectivity index (χ0n) is 10.7. The first kappa shape index (κ1) is 15.2. The maximum absolute atomic E-state index is 12.3. The van der Waals surface area contributed by atoms with Crippen molar-refractivity contribution in [2.24, 2.45) is 4.40 Å². The number of benzene rings is 1. The van der Waals surface area contributed by atoms with E-state index < -0.39 is 10.0 Å². The lowest BCUT2D eigenvalue weighted by Gasteiger charge is -2.08. The predicted octanol–water partition coefficient (Wildman–Crippen LogP) is 2.93. The van der Waals surface area contributed by atoms with Crippen LogP contribution in [0.4, 0.5) is 0 Å². The summed E-state index contributed by atoms with van der Waals surface area (Å²) in [6.45, 7) is 0.